The summed E-state index contributed by atoms with van der Waals surface area (Å²) in [5.41, 5.74) is 3.65. The van der Waals surface area contributed by atoms with E-state index in [0.29, 0.717) is 6.54 Å². The molecule has 0 bridgehead atoms. The third-order valence-electron chi connectivity index (χ3n) is 5.11. The number of aryl methyl sites for hydroxylation is 1. The summed E-state index contributed by atoms with van der Waals surface area (Å²) in [5.74, 6) is 0.0368. The molecule has 0 atom stereocenters. The second kappa shape index (κ2) is 8.95. The SMILES string of the molecule is Cc1ccc(CN2CCC(C(=O)NCCc3ccc(F)cc3)CC2)cc1. The molecule has 3 nitrogen and oxygen atoms in total. The second-order valence-electron chi connectivity index (χ2n) is 7.20. The van der Waals surface area contributed by atoms with Crippen molar-refractivity contribution in [1.29, 1.82) is 0 Å². The number of carbonyl (C=O) groups excluding carboxylic acids is 1. The van der Waals surface area contributed by atoms with Crippen molar-refractivity contribution in [3.63, 3.8) is 0 Å². The monoisotopic (exact) mass is 354 g/mol. The molecular formula is C22H27FN2O. The first kappa shape index (κ1) is 18.6. The maximum atomic E-state index is 12.9. The molecule has 138 valence electrons. The lowest BCUT2D eigenvalue weighted by Gasteiger charge is -2.31. The average molecular weight is 354 g/mol. The predicted octanol–water partition coefficient (Wildman–Crippen LogP) is 3.71. The van der Waals surface area contributed by atoms with Crippen molar-refractivity contribution in [1.82, 2.24) is 10.2 Å². The Morgan fingerprint density at radius 3 is 2.31 bits per heavy atom. The molecule has 4 heteroatoms. The standard InChI is InChI=1S/C22H27FN2O/c1-17-2-4-19(5-3-17)16-25-14-11-20(12-15-25)22(26)24-13-10-18-6-8-21(23)9-7-18/h2-9,20H,10-16H2,1H3,(H,24,26). The van der Waals surface area contributed by atoms with Crippen LogP contribution in [0.15, 0.2) is 48.5 Å². The zero-order chi connectivity index (χ0) is 18.4. The minimum Gasteiger partial charge on any atom is -0.356 e. The molecule has 2 aromatic carbocycles. The molecule has 3 rings (SSSR count). The summed E-state index contributed by atoms with van der Waals surface area (Å²) in [7, 11) is 0. The van der Waals surface area contributed by atoms with Crippen molar-refractivity contribution in [3.05, 3.63) is 71.0 Å². The smallest absolute Gasteiger partial charge is 0.223 e. The highest BCUT2D eigenvalue weighted by Gasteiger charge is 2.24. The van der Waals surface area contributed by atoms with Gasteiger partial charge in [-0.2, -0.15) is 0 Å². The molecule has 1 aliphatic rings. The molecule has 1 aliphatic heterocycles. The number of rotatable bonds is 6. The Labute approximate surface area is 155 Å². The number of halogens is 1. The highest BCUT2D eigenvalue weighted by atomic mass is 19.1. The Bertz CT molecular complexity index is 704. The molecule has 1 saturated heterocycles. The van der Waals surface area contributed by atoms with Gasteiger partial charge in [0.15, 0.2) is 0 Å². The van der Waals surface area contributed by atoms with Gasteiger partial charge in [-0.25, -0.2) is 4.39 Å². The van der Waals surface area contributed by atoms with Gasteiger partial charge in [0.1, 0.15) is 5.82 Å². The fraction of sp³-hybridized carbons (Fsp3) is 0.409. The van der Waals surface area contributed by atoms with E-state index in [1.54, 1.807) is 12.1 Å². The van der Waals surface area contributed by atoms with Gasteiger partial charge < -0.3 is 5.32 Å². The first-order chi connectivity index (χ1) is 12.6. The third kappa shape index (κ3) is 5.40. The minimum absolute atomic E-state index is 0.109. The number of benzene rings is 2. The molecular weight excluding hydrogens is 327 g/mol. The Morgan fingerprint density at radius 1 is 1.04 bits per heavy atom. The van der Waals surface area contributed by atoms with Crippen LogP contribution < -0.4 is 5.32 Å². The van der Waals surface area contributed by atoms with E-state index < -0.39 is 0 Å². The number of nitrogens with zero attached hydrogens (tertiary/aromatic N) is 1. The van der Waals surface area contributed by atoms with Crippen molar-refractivity contribution < 1.29 is 9.18 Å². The average Bonchev–Trinajstić information content (AvgIpc) is 2.66. The van der Waals surface area contributed by atoms with Crippen LogP contribution in [-0.2, 0) is 17.8 Å². The van der Waals surface area contributed by atoms with Gasteiger partial charge in [-0.15, -0.1) is 0 Å². The Hall–Kier alpha value is -2.20. The fourth-order valence-electron chi connectivity index (χ4n) is 3.43. The van der Waals surface area contributed by atoms with Crippen LogP contribution in [0.1, 0.15) is 29.5 Å². The second-order valence-corrected chi connectivity index (χ2v) is 7.20. The molecule has 0 saturated carbocycles. The molecule has 0 unspecified atom stereocenters. The van der Waals surface area contributed by atoms with E-state index in [1.807, 2.05) is 0 Å². The molecule has 1 heterocycles. The van der Waals surface area contributed by atoms with Gasteiger partial charge in [-0.3, -0.25) is 9.69 Å². The number of likely N-dealkylation sites (tertiary alicyclic amines) is 1. The summed E-state index contributed by atoms with van der Waals surface area (Å²) in [5, 5.41) is 3.04. The summed E-state index contributed by atoms with van der Waals surface area (Å²) in [6.07, 6.45) is 2.56. The molecule has 26 heavy (non-hydrogen) atoms. The van der Waals surface area contributed by atoms with Gasteiger partial charge in [-0.1, -0.05) is 42.0 Å². The van der Waals surface area contributed by atoms with Gasteiger partial charge in [0.05, 0.1) is 0 Å². The van der Waals surface area contributed by atoms with Gasteiger partial charge in [-0.05, 0) is 62.5 Å². The topological polar surface area (TPSA) is 32.3 Å². The van der Waals surface area contributed by atoms with E-state index in [2.05, 4.69) is 41.4 Å². The van der Waals surface area contributed by atoms with Gasteiger partial charge in [0.2, 0.25) is 5.91 Å². The summed E-state index contributed by atoms with van der Waals surface area (Å²) >= 11 is 0. The molecule has 1 fully saturated rings. The quantitative estimate of drug-likeness (QED) is 0.858. The van der Waals surface area contributed by atoms with Crippen LogP contribution in [0, 0.1) is 18.7 Å². The number of amides is 1. The third-order valence-corrected chi connectivity index (χ3v) is 5.11. The van der Waals surface area contributed by atoms with E-state index in [0.717, 1.165) is 44.5 Å². The van der Waals surface area contributed by atoms with Crippen LogP contribution in [0.4, 0.5) is 4.39 Å². The molecule has 1 N–H and O–H groups in total. The molecule has 0 radical (unpaired) electrons. The Morgan fingerprint density at radius 2 is 1.65 bits per heavy atom. The lowest BCUT2D eigenvalue weighted by atomic mass is 9.95. The summed E-state index contributed by atoms with van der Waals surface area (Å²) in [6.45, 7) is 5.59. The van der Waals surface area contributed by atoms with E-state index >= 15 is 0 Å². The minimum atomic E-state index is -0.227. The highest BCUT2D eigenvalue weighted by Crippen LogP contribution is 2.19. The van der Waals surface area contributed by atoms with Crippen LogP contribution in [0.25, 0.3) is 0 Å². The molecule has 2 aromatic rings. The highest BCUT2D eigenvalue weighted by molar-refractivity contribution is 5.78. The summed E-state index contributed by atoms with van der Waals surface area (Å²) in [6, 6.07) is 15.1. The largest absolute Gasteiger partial charge is 0.356 e. The lowest BCUT2D eigenvalue weighted by Crippen LogP contribution is -2.40. The first-order valence-electron chi connectivity index (χ1n) is 9.40. The number of nitrogens with one attached hydrogen (secondary N) is 1. The zero-order valence-corrected chi connectivity index (χ0v) is 15.4. The number of piperidine rings is 1. The van der Waals surface area contributed by atoms with Crippen molar-refractivity contribution in [3.8, 4) is 0 Å². The molecule has 0 aromatic heterocycles. The van der Waals surface area contributed by atoms with Crippen LogP contribution in [-0.4, -0.2) is 30.4 Å². The van der Waals surface area contributed by atoms with E-state index in [9.17, 15) is 9.18 Å². The van der Waals surface area contributed by atoms with Crippen LogP contribution in [0.2, 0.25) is 0 Å². The zero-order valence-electron chi connectivity index (χ0n) is 15.4. The molecule has 0 spiro atoms. The summed E-state index contributed by atoms with van der Waals surface area (Å²) < 4.78 is 12.9. The van der Waals surface area contributed by atoms with Crippen molar-refractivity contribution in [2.45, 2.75) is 32.7 Å². The normalized spacial score (nSPS) is 15.8. The predicted molar refractivity (Wildman–Crippen MR) is 102 cm³/mol. The number of carbonyl (C=O) groups is 1. The van der Waals surface area contributed by atoms with Crippen molar-refractivity contribution in [2.24, 2.45) is 5.92 Å². The Kier molecular flexibility index (Phi) is 6.40. The Balaban J connectivity index is 1.37. The van der Waals surface area contributed by atoms with Crippen LogP contribution in [0.5, 0.6) is 0 Å². The number of hydrogen-bond donors (Lipinski definition) is 1. The maximum Gasteiger partial charge on any atom is 0.223 e. The van der Waals surface area contributed by atoms with E-state index in [-0.39, 0.29) is 17.6 Å². The van der Waals surface area contributed by atoms with Crippen molar-refractivity contribution >= 4 is 5.91 Å². The molecule has 1 amide bonds. The maximum absolute atomic E-state index is 12.9. The van der Waals surface area contributed by atoms with E-state index in [4.69, 9.17) is 0 Å². The lowest BCUT2D eigenvalue weighted by molar-refractivity contribution is -0.126. The first-order valence-corrected chi connectivity index (χ1v) is 9.40. The van der Waals surface area contributed by atoms with Crippen LogP contribution >= 0.6 is 0 Å². The fourth-order valence-corrected chi connectivity index (χ4v) is 3.43. The molecule has 0 aliphatic carbocycles. The van der Waals surface area contributed by atoms with Crippen LogP contribution in [0.3, 0.4) is 0 Å². The van der Waals surface area contributed by atoms with Crippen molar-refractivity contribution in [2.75, 3.05) is 19.6 Å². The summed E-state index contributed by atoms with van der Waals surface area (Å²) in [4.78, 5) is 14.8. The van der Waals surface area contributed by atoms with Gasteiger partial charge in [0.25, 0.3) is 0 Å². The van der Waals surface area contributed by atoms with Gasteiger partial charge >= 0.3 is 0 Å². The van der Waals surface area contributed by atoms with Gasteiger partial charge in [0, 0.05) is 19.0 Å². The number of hydrogen-bond acceptors (Lipinski definition) is 2. The van der Waals surface area contributed by atoms with E-state index in [1.165, 1.54) is 23.3 Å².